The predicted molar refractivity (Wildman–Crippen MR) is 111 cm³/mol. The van der Waals surface area contributed by atoms with Crippen LogP contribution in [-0.4, -0.2) is 45.2 Å². The number of carbonyl (C=O) groups excluding carboxylic acids is 1. The molecule has 3 heterocycles. The van der Waals surface area contributed by atoms with Crippen LogP contribution < -0.4 is 5.32 Å². The van der Waals surface area contributed by atoms with Crippen LogP contribution in [0.1, 0.15) is 27.7 Å². The van der Waals surface area contributed by atoms with E-state index in [-0.39, 0.29) is 24.4 Å². The van der Waals surface area contributed by atoms with E-state index < -0.39 is 0 Å². The van der Waals surface area contributed by atoms with Crippen molar-refractivity contribution in [3.63, 3.8) is 0 Å². The zero-order chi connectivity index (χ0) is 18.8. The number of hydrogen-bond donors (Lipinski definition) is 1. The second-order valence-corrected chi connectivity index (χ2v) is 6.98. The fourth-order valence-corrected chi connectivity index (χ4v) is 3.65. The Balaban J connectivity index is 0.00000225. The van der Waals surface area contributed by atoms with Gasteiger partial charge in [-0.15, -0.1) is 12.4 Å². The van der Waals surface area contributed by atoms with Gasteiger partial charge in [0.1, 0.15) is 0 Å². The Morgan fingerprint density at radius 3 is 2.86 bits per heavy atom. The van der Waals surface area contributed by atoms with Gasteiger partial charge in [0.2, 0.25) is 0 Å². The highest BCUT2D eigenvalue weighted by Crippen LogP contribution is 2.25. The van der Waals surface area contributed by atoms with Gasteiger partial charge in [-0.1, -0.05) is 23.7 Å². The number of rotatable bonds is 3. The van der Waals surface area contributed by atoms with Gasteiger partial charge >= 0.3 is 0 Å². The van der Waals surface area contributed by atoms with Crippen LogP contribution >= 0.6 is 24.0 Å². The van der Waals surface area contributed by atoms with E-state index in [2.05, 4.69) is 15.4 Å². The molecule has 1 aliphatic heterocycles. The first kappa shape index (κ1) is 20.3. The Hall–Kier alpha value is -2.41. The number of aromatic nitrogens is 3. The summed E-state index contributed by atoms with van der Waals surface area (Å²) in [6, 6.07) is 11.3. The second-order valence-electron chi connectivity index (χ2n) is 6.54. The van der Waals surface area contributed by atoms with Gasteiger partial charge in [0.25, 0.3) is 5.91 Å². The molecule has 2 aromatic heterocycles. The molecule has 1 fully saturated rings. The van der Waals surface area contributed by atoms with Crippen LogP contribution in [0, 0.1) is 6.92 Å². The van der Waals surface area contributed by atoms with Crippen LogP contribution in [0.5, 0.6) is 0 Å². The first-order valence-corrected chi connectivity index (χ1v) is 9.25. The minimum absolute atomic E-state index is 0. The van der Waals surface area contributed by atoms with E-state index in [0.29, 0.717) is 23.7 Å². The Kier molecular flexibility index (Phi) is 6.34. The summed E-state index contributed by atoms with van der Waals surface area (Å²) in [6.07, 6.45) is 5.20. The molecule has 0 radical (unpaired) electrons. The molecule has 1 unspecified atom stereocenters. The van der Waals surface area contributed by atoms with Crippen molar-refractivity contribution in [1.29, 1.82) is 0 Å². The second kappa shape index (κ2) is 8.73. The Labute approximate surface area is 174 Å². The number of piperazine rings is 1. The lowest BCUT2D eigenvalue weighted by molar-refractivity contribution is 0.0633. The molecule has 1 aromatic carbocycles. The standard InChI is InChI=1S/C20H20ClN5O.ClH/c1-14-18(12-24-26(14)17-6-2-5-16(21)10-17)20(27)25-9-8-23-13-19(25)15-4-3-7-22-11-15;/h2-7,10-12,19,23H,8-9,13H2,1H3;1H. The Morgan fingerprint density at radius 2 is 2.11 bits per heavy atom. The van der Waals surface area contributed by atoms with Crippen molar-refractivity contribution in [2.45, 2.75) is 13.0 Å². The molecule has 1 atom stereocenters. The quantitative estimate of drug-likeness (QED) is 0.708. The van der Waals surface area contributed by atoms with Gasteiger partial charge in [0.05, 0.1) is 29.2 Å². The van der Waals surface area contributed by atoms with Gasteiger partial charge in [-0.2, -0.15) is 5.10 Å². The van der Waals surface area contributed by atoms with E-state index in [1.807, 2.05) is 54.4 Å². The normalized spacial score (nSPS) is 16.5. The van der Waals surface area contributed by atoms with E-state index in [1.165, 1.54) is 0 Å². The summed E-state index contributed by atoms with van der Waals surface area (Å²) in [5.74, 6) is -0.0175. The van der Waals surface area contributed by atoms with E-state index in [9.17, 15) is 4.79 Å². The Morgan fingerprint density at radius 1 is 1.25 bits per heavy atom. The third-order valence-corrected chi connectivity index (χ3v) is 5.10. The summed E-state index contributed by atoms with van der Waals surface area (Å²) in [7, 11) is 0. The van der Waals surface area contributed by atoms with Crippen molar-refractivity contribution in [2.24, 2.45) is 0 Å². The van der Waals surface area contributed by atoms with Gasteiger partial charge in [0, 0.05) is 37.1 Å². The molecule has 0 aliphatic carbocycles. The average molecular weight is 418 g/mol. The molecule has 6 nitrogen and oxygen atoms in total. The van der Waals surface area contributed by atoms with Crippen LogP contribution in [0.25, 0.3) is 5.69 Å². The Bertz CT molecular complexity index is 960. The maximum atomic E-state index is 13.3. The van der Waals surface area contributed by atoms with Gasteiger partial charge in [-0.25, -0.2) is 4.68 Å². The number of carbonyl (C=O) groups is 1. The highest BCUT2D eigenvalue weighted by atomic mass is 35.5. The number of benzene rings is 1. The maximum absolute atomic E-state index is 13.3. The molecule has 0 saturated carbocycles. The molecule has 3 aromatic rings. The average Bonchev–Trinajstić information content (AvgIpc) is 3.09. The number of pyridine rings is 1. The number of hydrogen-bond acceptors (Lipinski definition) is 4. The topological polar surface area (TPSA) is 63.1 Å². The predicted octanol–water partition coefficient (Wildman–Crippen LogP) is 3.44. The summed E-state index contributed by atoms with van der Waals surface area (Å²) in [6.45, 7) is 4.02. The fraction of sp³-hybridized carbons (Fsp3) is 0.250. The summed E-state index contributed by atoms with van der Waals surface area (Å²) < 4.78 is 1.75. The maximum Gasteiger partial charge on any atom is 0.257 e. The SMILES string of the molecule is Cc1c(C(=O)N2CCNCC2c2cccnc2)cnn1-c1cccc(Cl)c1.Cl. The van der Waals surface area contributed by atoms with Crippen LogP contribution in [0.3, 0.4) is 0 Å². The van der Waals surface area contributed by atoms with Gasteiger partial charge in [-0.3, -0.25) is 9.78 Å². The highest BCUT2D eigenvalue weighted by molar-refractivity contribution is 6.30. The highest BCUT2D eigenvalue weighted by Gasteiger charge is 2.30. The minimum atomic E-state index is -0.0473. The summed E-state index contributed by atoms with van der Waals surface area (Å²) >= 11 is 6.10. The molecule has 1 saturated heterocycles. The lowest BCUT2D eigenvalue weighted by Crippen LogP contribution is -2.48. The smallest absolute Gasteiger partial charge is 0.257 e. The molecule has 4 rings (SSSR count). The molecule has 0 bridgehead atoms. The molecule has 1 aliphatic rings. The number of amides is 1. The van der Waals surface area contributed by atoms with Crippen molar-refractivity contribution in [1.82, 2.24) is 25.0 Å². The molecular weight excluding hydrogens is 397 g/mol. The summed E-state index contributed by atoms with van der Waals surface area (Å²) in [5, 5.41) is 8.42. The molecule has 1 N–H and O–H groups in total. The van der Waals surface area contributed by atoms with Gasteiger partial charge in [0.15, 0.2) is 0 Å². The van der Waals surface area contributed by atoms with E-state index in [1.54, 1.807) is 17.1 Å². The van der Waals surface area contributed by atoms with Crippen molar-refractivity contribution in [3.05, 3.63) is 76.8 Å². The number of halogens is 2. The third-order valence-electron chi connectivity index (χ3n) is 4.87. The molecule has 28 heavy (non-hydrogen) atoms. The number of nitrogens with zero attached hydrogens (tertiary/aromatic N) is 4. The van der Waals surface area contributed by atoms with E-state index in [4.69, 9.17) is 11.6 Å². The first-order chi connectivity index (χ1) is 13.1. The lowest BCUT2D eigenvalue weighted by atomic mass is 10.0. The van der Waals surface area contributed by atoms with Crippen LogP contribution in [0.15, 0.2) is 55.0 Å². The first-order valence-electron chi connectivity index (χ1n) is 8.87. The monoisotopic (exact) mass is 417 g/mol. The lowest BCUT2D eigenvalue weighted by Gasteiger charge is -2.36. The van der Waals surface area contributed by atoms with Crippen molar-refractivity contribution < 1.29 is 4.79 Å². The van der Waals surface area contributed by atoms with Crippen molar-refractivity contribution in [2.75, 3.05) is 19.6 Å². The molecule has 0 spiro atoms. The molecular formula is C20H21Cl2N5O. The van der Waals surface area contributed by atoms with E-state index >= 15 is 0 Å². The van der Waals surface area contributed by atoms with Crippen molar-refractivity contribution >= 4 is 29.9 Å². The molecule has 8 heteroatoms. The van der Waals surface area contributed by atoms with Gasteiger partial charge < -0.3 is 10.2 Å². The molecule has 1 amide bonds. The van der Waals surface area contributed by atoms with E-state index in [0.717, 1.165) is 23.5 Å². The summed E-state index contributed by atoms with van der Waals surface area (Å²) in [4.78, 5) is 19.4. The molecule has 146 valence electrons. The largest absolute Gasteiger partial charge is 0.329 e. The minimum Gasteiger partial charge on any atom is -0.329 e. The van der Waals surface area contributed by atoms with Gasteiger partial charge in [-0.05, 0) is 36.8 Å². The summed E-state index contributed by atoms with van der Waals surface area (Å²) in [5.41, 5.74) is 3.26. The third kappa shape index (κ3) is 3.90. The van der Waals surface area contributed by atoms with Crippen LogP contribution in [0.2, 0.25) is 5.02 Å². The zero-order valence-corrected chi connectivity index (χ0v) is 17.0. The zero-order valence-electron chi connectivity index (χ0n) is 15.4. The van der Waals surface area contributed by atoms with Crippen LogP contribution in [0.4, 0.5) is 0 Å². The number of nitrogens with one attached hydrogen (secondary N) is 1. The van der Waals surface area contributed by atoms with Crippen molar-refractivity contribution in [3.8, 4) is 5.69 Å². The fourth-order valence-electron chi connectivity index (χ4n) is 3.46. The van der Waals surface area contributed by atoms with Crippen LogP contribution in [-0.2, 0) is 0 Å².